The molecule has 0 aromatic heterocycles. The Kier molecular flexibility index (Phi) is 7.54. The average molecular weight is 431 g/mol. The van der Waals surface area contributed by atoms with Crippen LogP contribution >= 0.6 is 0 Å². The quantitative estimate of drug-likeness (QED) is 0.377. The van der Waals surface area contributed by atoms with Crippen molar-refractivity contribution in [1.29, 1.82) is 0 Å². The van der Waals surface area contributed by atoms with Gasteiger partial charge in [0.2, 0.25) is 11.7 Å². The lowest BCUT2D eigenvalue weighted by atomic mass is 10.1. The summed E-state index contributed by atoms with van der Waals surface area (Å²) in [6, 6.07) is 18.0. The number of phenols is 1. The fourth-order valence-corrected chi connectivity index (χ4v) is 3.05. The van der Waals surface area contributed by atoms with Crippen molar-refractivity contribution in [3.8, 4) is 23.0 Å². The molecular weight excluding hydrogens is 406 g/mol. The van der Waals surface area contributed by atoms with Crippen molar-refractivity contribution in [1.82, 2.24) is 0 Å². The minimum Gasteiger partial charge on any atom is -0.507 e. The van der Waals surface area contributed by atoms with E-state index >= 15 is 0 Å². The molecule has 0 bridgehead atoms. The van der Waals surface area contributed by atoms with Gasteiger partial charge in [-0.1, -0.05) is 42.5 Å². The standard InChI is InChI=1S/C26H25NO5/c1-30-23-16-19(17-24(31-2)26(23)32-3)9-8-18-10-13-21(14-11-18)27-25(29)15-12-20-6-4-5-7-22(20)28/h4-17,28H,1-3H3,(H,27,29)/b9-8+,15-12+. The minimum absolute atomic E-state index is 0.125. The van der Waals surface area contributed by atoms with Gasteiger partial charge in [-0.2, -0.15) is 0 Å². The van der Waals surface area contributed by atoms with Gasteiger partial charge >= 0.3 is 0 Å². The zero-order valence-electron chi connectivity index (χ0n) is 18.2. The maximum Gasteiger partial charge on any atom is 0.248 e. The molecule has 3 aromatic carbocycles. The van der Waals surface area contributed by atoms with Crippen LogP contribution in [0.15, 0.2) is 66.7 Å². The zero-order valence-corrected chi connectivity index (χ0v) is 18.2. The van der Waals surface area contributed by atoms with Gasteiger partial charge in [-0.25, -0.2) is 0 Å². The highest BCUT2D eigenvalue weighted by Gasteiger charge is 2.12. The number of hydrogen-bond donors (Lipinski definition) is 2. The van der Waals surface area contributed by atoms with E-state index in [-0.39, 0.29) is 11.7 Å². The van der Waals surface area contributed by atoms with Gasteiger partial charge in [0.05, 0.1) is 21.3 Å². The maximum absolute atomic E-state index is 12.1. The first-order valence-electron chi connectivity index (χ1n) is 9.89. The number of aromatic hydroxyl groups is 1. The summed E-state index contributed by atoms with van der Waals surface area (Å²) in [7, 11) is 4.72. The van der Waals surface area contributed by atoms with E-state index in [1.165, 1.54) is 6.08 Å². The van der Waals surface area contributed by atoms with E-state index in [1.54, 1.807) is 51.7 Å². The summed E-state index contributed by atoms with van der Waals surface area (Å²) in [6.45, 7) is 0. The van der Waals surface area contributed by atoms with Crippen LogP contribution in [0.1, 0.15) is 16.7 Å². The Bertz CT molecular complexity index is 1110. The summed E-state index contributed by atoms with van der Waals surface area (Å²) in [4.78, 5) is 12.1. The number of benzene rings is 3. The molecule has 0 atom stereocenters. The monoisotopic (exact) mass is 431 g/mol. The average Bonchev–Trinajstić information content (AvgIpc) is 2.82. The van der Waals surface area contributed by atoms with Crippen LogP contribution in [0.3, 0.4) is 0 Å². The summed E-state index contributed by atoms with van der Waals surface area (Å²) in [5.41, 5.74) is 3.10. The van der Waals surface area contributed by atoms with Crippen LogP contribution in [-0.2, 0) is 4.79 Å². The molecule has 6 nitrogen and oxygen atoms in total. The Morgan fingerprint density at radius 3 is 2.03 bits per heavy atom. The van der Waals surface area contributed by atoms with E-state index < -0.39 is 0 Å². The van der Waals surface area contributed by atoms with Crippen molar-refractivity contribution in [3.63, 3.8) is 0 Å². The van der Waals surface area contributed by atoms with Crippen LogP contribution in [0.4, 0.5) is 5.69 Å². The minimum atomic E-state index is -0.283. The summed E-state index contributed by atoms with van der Waals surface area (Å²) in [5, 5.41) is 12.5. The number of anilines is 1. The molecule has 6 heteroatoms. The number of phenolic OH excluding ortho intramolecular Hbond substituents is 1. The van der Waals surface area contributed by atoms with E-state index in [0.29, 0.717) is 28.5 Å². The molecule has 0 unspecified atom stereocenters. The van der Waals surface area contributed by atoms with Crippen molar-refractivity contribution in [3.05, 3.63) is 83.4 Å². The molecule has 0 aliphatic heterocycles. The Morgan fingerprint density at radius 2 is 1.44 bits per heavy atom. The molecular formula is C26H25NO5. The summed E-state index contributed by atoms with van der Waals surface area (Å²) < 4.78 is 16.1. The predicted molar refractivity (Wildman–Crippen MR) is 127 cm³/mol. The van der Waals surface area contributed by atoms with Crippen LogP contribution in [0.25, 0.3) is 18.2 Å². The number of carbonyl (C=O) groups is 1. The molecule has 0 radical (unpaired) electrons. The van der Waals surface area contributed by atoms with E-state index in [2.05, 4.69) is 5.32 Å². The number of methoxy groups -OCH3 is 3. The van der Waals surface area contributed by atoms with Gasteiger partial charge in [0.15, 0.2) is 11.5 Å². The van der Waals surface area contributed by atoms with Crippen LogP contribution in [0, 0.1) is 0 Å². The third kappa shape index (κ3) is 5.70. The van der Waals surface area contributed by atoms with E-state index in [0.717, 1.165) is 11.1 Å². The summed E-state index contributed by atoms with van der Waals surface area (Å²) in [6.07, 6.45) is 6.84. The van der Waals surface area contributed by atoms with Crippen LogP contribution in [-0.4, -0.2) is 32.3 Å². The number of amides is 1. The maximum atomic E-state index is 12.1. The van der Waals surface area contributed by atoms with E-state index in [9.17, 15) is 9.90 Å². The second kappa shape index (κ2) is 10.7. The third-order valence-corrected chi connectivity index (χ3v) is 4.68. The zero-order chi connectivity index (χ0) is 22.9. The molecule has 0 heterocycles. The molecule has 32 heavy (non-hydrogen) atoms. The fourth-order valence-electron chi connectivity index (χ4n) is 3.05. The summed E-state index contributed by atoms with van der Waals surface area (Å²) >= 11 is 0. The highest BCUT2D eigenvalue weighted by atomic mass is 16.5. The van der Waals surface area contributed by atoms with Gasteiger partial charge in [-0.3, -0.25) is 4.79 Å². The van der Waals surface area contributed by atoms with Gasteiger partial charge < -0.3 is 24.6 Å². The lowest BCUT2D eigenvalue weighted by Crippen LogP contribution is -2.07. The smallest absolute Gasteiger partial charge is 0.248 e. The van der Waals surface area contributed by atoms with Gasteiger partial charge in [0, 0.05) is 17.3 Å². The number of carbonyl (C=O) groups excluding carboxylic acids is 1. The lowest BCUT2D eigenvalue weighted by Gasteiger charge is -2.12. The number of para-hydroxylation sites is 1. The number of ether oxygens (including phenoxy) is 3. The Balaban J connectivity index is 1.66. The molecule has 2 N–H and O–H groups in total. The normalized spacial score (nSPS) is 11.0. The largest absolute Gasteiger partial charge is 0.507 e. The molecule has 164 valence electrons. The number of hydrogen-bond acceptors (Lipinski definition) is 5. The van der Waals surface area contributed by atoms with Gasteiger partial charge in [-0.15, -0.1) is 0 Å². The molecule has 0 saturated carbocycles. The third-order valence-electron chi connectivity index (χ3n) is 4.68. The highest BCUT2D eigenvalue weighted by Crippen LogP contribution is 2.38. The first-order valence-corrected chi connectivity index (χ1v) is 9.89. The number of nitrogens with one attached hydrogen (secondary N) is 1. The van der Waals surface area contributed by atoms with Crippen LogP contribution < -0.4 is 19.5 Å². The molecule has 0 fully saturated rings. The van der Waals surface area contributed by atoms with Crippen molar-refractivity contribution in [2.24, 2.45) is 0 Å². The number of rotatable bonds is 8. The summed E-state index contributed by atoms with van der Waals surface area (Å²) in [5.74, 6) is 1.56. The van der Waals surface area contributed by atoms with Crippen LogP contribution in [0.2, 0.25) is 0 Å². The SMILES string of the molecule is COc1cc(/C=C/c2ccc(NC(=O)/C=C/c3ccccc3O)cc2)cc(OC)c1OC. The van der Waals surface area contributed by atoms with Crippen molar-refractivity contribution in [2.75, 3.05) is 26.6 Å². The Hall–Kier alpha value is -4.19. The lowest BCUT2D eigenvalue weighted by molar-refractivity contribution is -0.111. The molecule has 0 spiro atoms. The second-order valence-corrected chi connectivity index (χ2v) is 6.80. The van der Waals surface area contributed by atoms with Gasteiger partial charge in [-0.05, 0) is 47.5 Å². The van der Waals surface area contributed by atoms with Crippen LogP contribution in [0.5, 0.6) is 23.0 Å². The fraction of sp³-hybridized carbons (Fsp3) is 0.115. The molecule has 1 amide bonds. The van der Waals surface area contributed by atoms with Crippen molar-refractivity contribution < 1.29 is 24.1 Å². The molecule has 3 aromatic rings. The van der Waals surface area contributed by atoms with Gasteiger partial charge in [0.1, 0.15) is 5.75 Å². The van der Waals surface area contributed by atoms with E-state index in [4.69, 9.17) is 14.2 Å². The van der Waals surface area contributed by atoms with Crippen molar-refractivity contribution in [2.45, 2.75) is 0 Å². The van der Waals surface area contributed by atoms with E-state index in [1.807, 2.05) is 48.6 Å². The molecule has 0 aliphatic rings. The first-order chi connectivity index (χ1) is 15.5. The molecule has 0 aliphatic carbocycles. The first kappa shape index (κ1) is 22.5. The highest BCUT2D eigenvalue weighted by molar-refractivity contribution is 6.02. The second-order valence-electron chi connectivity index (χ2n) is 6.80. The molecule has 0 saturated heterocycles. The Morgan fingerprint density at radius 1 is 0.812 bits per heavy atom. The Labute approximate surface area is 187 Å². The topological polar surface area (TPSA) is 77.0 Å². The predicted octanol–water partition coefficient (Wildman–Crippen LogP) is 5.24. The van der Waals surface area contributed by atoms with Gasteiger partial charge in [0.25, 0.3) is 0 Å². The van der Waals surface area contributed by atoms with Crippen molar-refractivity contribution >= 4 is 29.8 Å². The molecule has 3 rings (SSSR count).